The Morgan fingerprint density at radius 1 is 1.19 bits per heavy atom. The molecular weight excluding hydrogens is 221 g/mol. The summed E-state index contributed by atoms with van der Waals surface area (Å²) in [6.07, 6.45) is -4.45. The third-order valence-electron chi connectivity index (χ3n) is 2.79. The predicted octanol–water partition coefficient (Wildman–Crippen LogP) is 3.31. The Morgan fingerprint density at radius 2 is 1.75 bits per heavy atom. The molecule has 0 radical (unpaired) electrons. The second kappa shape index (κ2) is 4.35. The molecular formula is C11H17F3O2. The quantitative estimate of drug-likeness (QED) is 0.737. The average molecular weight is 238 g/mol. The van der Waals surface area contributed by atoms with E-state index in [1.807, 2.05) is 0 Å². The van der Waals surface area contributed by atoms with Crippen molar-refractivity contribution in [3.63, 3.8) is 0 Å². The van der Waals surface area contributed by atoms with Crippen LogP contribution in [0.15, 0.2) is 0 Å². The Labute approximate surface area is 93.2 Å². The Balaban J connectivity index is 2.50. The fraction of sp³-hybridized carbons (Fsp3) is 0.909. The van der Waals surface area contributed by atoms with Gasteiger partial charge in [0.2, 0.25) is 0 Å². The molecule has 0 bridgehead atoms. The molecule has 16 heavy (non-hydrogen) atoms. The van der Waals surface area contributed by atoms with Crippen LogP contribution in [0.3, 0.4) is 0 Å². The highest BCUT2D eigenvalue weighted by molar-refractivity contribution is 5.86. The summed E-state index contributed by atoms with van der Waals surface area (Å²) >= 11 is 0. The molecule has 1 aliphatic rings. The maximum atomic E-state index is 12.0. The average Bonchev–Trinajstić information content (AvgIpc) is 2.46. The number of halogens is 3. The van der Waals surface area contributed by atoms with Crippen molar-refractivity contribution in [1.82, 2.24) is 0 Å². The summed E-state index contributed by atoms with van der Waals surface area (Å²) < 4.78 is 39.8. The van der Waals surface area contributed by atoms with Crippen molar-refractivity contribution < 1.29 is 22.7 Å². The topological polar surface area (TPSA) is 26.3 Å². The van der Waals surface area contributed by atoms with Crippen LogP contribution >= 0.6 is 0 Å². The van der Waals surface area contributed by atoms with Gasteiger partial charge in [0.1, 0.15) is 5.78 Å². The summed E-state index contributed by atoms with van der Waals surface area (Å²) in [5, 5.41) is 0. The fourth-order valence-corrected chi connectivity index (χ4v) is 2.09. The van der Waals surface area contributed by atoms with Gasteiger partial charge >= 0.3 is 6.36 Å². The van der Waals surface area contributed by atoms with Gasteiger partial charge in [-0.15, -0.1) is 13.2 Å². The minimum absolute atomic E-state index is 0.0285. The minimum atomic E-state index is -4.59. The van der Waals surface area contributed by atoms with E-state index in [4.69, 9.17) is 0 Å². The van der Waals surface area contributed by atoms with Gasteiger partial charge < -0.3 is 0 Å². The fourth-order valence-electron chi connectivity index (χ4n) is 2.09. The number of hydrogen-bond donors (Lipinski definition) is 0. The van der Waals surface area contributed by atoms with Gasteiger partial charge in [-0.2, -0.15) is 0 Å². The summed E-state index contributed by atoms with van der Waals surface area (Å²) in [4.78, 5) is 11.8. The van der Waals surface area contributed by atoms with E-state index < -0.39 is 17.9 Å². The first-order valence-electron chi connectivity index (χ1n) is 5.38. The lowest BCUT2D eigenvalue weighted by Crippen LogP contribution is -2.28. The molecule has 0 saturated heterocycles. The first kappa shape index (κ1) is 13.5. The van der Waals surface area contributed by atoms with E-state index in [0.717, 1.165) is 0 Å². The van der Waals surface area contributed by atoms with E-state index in [9.17, 15) is 18.0 Å². The normalized spacial score (nSPS) is 27.1. The second-order valence-corrected chi connectivity index (χ2v) is 5.31. The number of rotatable bonds is 2. The SMILES string of the molecule is CC(C)(C)C(=O)C1CCC(OC(F)(F)F)C1. The van der Waals surface area contributed by atoms with E-state index in [1.165, 1.54) is 0 Å². The van der Waals surface area contributed by atoms with E-state index in [1.54, 1.807) is 20.8 Å². The summed E-state index contributed by atoms with van der Waals surface area (Å²) in [6.45, 7) is 5.35. The molecule has 0 amide bonds. The lowest BCUT2D eigenvalue weighted by Gasteiger charge is -2.21. The number of alkyl halides is 3. The molecule has 2 atom stereocenters. The van der Waals surface area contributed by atoms with E-state index in [-0.39, 0.29) is 18.1 Å². The lowest BCUT2D eigenvalue weighted by atomic mass is 9.82. The van der Waals surface area contributed by atoms with Crippen LogP contribution in [-0.2, 0) is 9.53 Å². The largest absolute Gasteiger partial charge is 0.522 e. The summed E-state index contributed by atoms with van der Waals surface area (Å²) in [5.74, 6) is -0.256. The first-order valence-corrected chi connectivity index (χ1v) is 5.38. The number of Topliss-reactive ketones (excluding diaryl/α,β-unsaturated/α-hetero) is 1. The van der Waals surface area contributed by atoms with E-state index >= 15 is 0 Å². The molecule has 0 aromatic carbocycles. The summed E-state index contributed by atoms with van der Waals surface area (Å²) in [7, 11) is 0. The Morgan fingerprint density at radius 3 is 2.19 bits per heavy atom. The van der Waals surface area contributed by atoms with Crippen molar-refractivity contribution in [2.75, 3.05) is 0 Å². The predicted molar refractivity (Wildman–Crippen MR) is 52.7 cm³/mol. The van der Waals surface area contributed by atoms with Gasteiger partial charge in [-0.25, -0.2) is 0 Å². The van der Waals surface area contributed by atoms with Gasteiger partial charge in [0, 0.05) is 11.3 Å². The molecule has 0 N–H and O–H groups in total. The monoisotopic (exact) mass is 238 g/mol. The summed E-state index contributed by atoms with van der Waals surface area (Å²) in [6, 6.07) is 0. The van der Waals surface area contributed by atoms with Crippen LogP contribution < -0.4 is 0 Å². The Hall–Kier alpha value is -0.580. The number of ether oxygens (including phenoxy) is 1. The van der Waals surface area contributed by atoms with Gasteiger partial charge in [0.15, 0.2) is 0 Å². The molecule has 0 aromatic rings. The maximum absolute atomic E-state index is 12.0. The molecule has 0 aliphatic heterocycles. The number of hydrogen-bond acceptors (Lipinski definition) is 2. The van der Waals surface area contributed by atoms with Gasteiger partial charge in [0.25, 0.3) is 0 Å². The van der Waals surface area contributed by atoms with Gasteiger partial charge in [-0.05, 0) is 19.3 Å². The zero-order chi connectivity index (χ0) is 12.6. The Kier molecular flexibility index (Phi) is 3.67. The van der Waals surface area contributed by atoms with Crippen molar-refractivity contribution in [2.24, 2.45) is 11.3 Å². The Bertz CT molecular complexity index is 265. The highest BCUT2D eigenvalue weighted by Crippen LogP contribution is 2.36. The van der Waals surface area contributed by atoms with Gasteiger partial charge in [-0.1, -0.05) is 20.8 Å². The first-order chi connectivity index (χ1) is 7.09. The summed E-state index contributed by atoms with van der Waals surface area (Å²) in [5.41, 5.74) is -0.488. The second-order valence-electron chi connectivity index (χ2n) is 5.31. The van der Waals surface area contributed by atoms with Crippen molar-refractivity contribution in [1.29, 1.82) is 0 Å². The highest BCUT2D eigenvalue weighted by Gasteiger charge is 2.41. The zero-order valence-corrected chi connectivity index (χ0v) is 9.73. The highest BCUT2D eigenvalue weighted by atomic mass is 19.4. The molecule has 2 unspecified atom stereocenters. The van der Waals surface area contributed by atoms with E-state index in [2.05, 4.69) is 4.74 Å². The van der Waals surface area contributed by atoms with Crippen LogP contribution in [0.4, 0.5) is 13.2 Å². The van der Waals surface area contributed by atoms with Crippen molar-refractivity contribution in [3.8, 4) is 0 Å². The third kappa shape index (κ3) is 3.77. The number of ketones is 1. The smallest absolute Gasteiger partial charge is 0.299 e. The van der Waals surface area contributed by atoms with Crippen LogP contribution in [0.1, 0.15) is 40.0 Å². The van der Waals surface area contributed by atoms with E-state index in [0.29, 0.717) is 12.8 Å². The molecule has 0 heterocycles. The molecule has 2 nitrogen and oxygen atoms in total. The molecule has 0 aromatic heterocycles. The van der Waals surface area contributed by atoms with Crippen molar-refractivity contribution in [3.05, 3.63) is 0 Å². The molecule has 1 aliphatic carbocycles. The van der Waals surface area contributed by atoms with Crippen LogP contribution in [0.2, 0.25) is 0 Å². The van der Waals surface area contributed by atoms with Gasteiger partial charge in [0.05, 0.1) is 6.10 Å². The number of carbonyl (C=O) groups is 1. The lowest BCUT2D eigenvalue weighted by molar-refractivity contribution is -0.341. The van der Waals surface area contributed by atoms with Crippen LogP contribution in [0.25, 0.3) is 0 Å². The number of carbonyl (C=O) groups excluding carboxylic acids is 1. The minimum Gasteiger partial charge on any atom is -0.299 e. The molecule has 1 saturated carbocycles. The standard InChI is InChI=1S/C11H17F3O2/c1-10(2,3)9(15)7-4-5-8(6-7)16-11(12,13)14/h7-8H,4-6H2,1-3H3. The van der Waals surface area contributed by atoms with Gasteiger partial charge in [-0.3, -0.25) is 9.53 Å². The van der Waals surface area contributed by atoms with Crippen molar-refractivity contribution in [2.45, 2.75) is 52.5 Å². The molecule has 1 fully saturated rings. The third-order valence-corrected chi connectivity index (χ3v) is 2.79. The molecule has 5 heteroatoms. The molecule has 1 rings (SSSR count). The maximum Gasteiger partial charge on any atom is 0.522 e. The zero-order valence-electron chi connectivity index (χ0n) is 9.73. The van der Waals surface area contributed by atoms with Crippen LogP contribution in [-0.4, -0.2) is 18.2 Å². The van der Waals surface area contributed by atoms with Crippen molar-refractivity contribution >= 4 is 5.78 Å². The molecule has 0 spiro atoms. The molecule has 94 valence electrons. The van der Waals surface area contributed by atoms with Crippen LogP contribution in [0, 0.1) is 11.3 Å². The van der Waals surface area contributed by atoms with Crippen LogP contribution in [0.5, 0.6) is 0 Å².